The maximum Gasteiger partial charge on any atom is 0.408 e. The number of alkyl halides is 3. The minimum Gasteiger partial charge on any atom is -0.355 e. The van der Waals surface area contributed by atoms with Crippen LogP contribution in [0.4, 0.5) is 25.1 Å². The molecule has 2 N–H and O–H groups in total. The number of hydrogen-bond acceptors (Lipinski definition) is 6. The molecule has 0 saturated carbocycles. The van der Waals surface area contributed by atoms with Crippen LogP contribution in [0.1, 0.15) is 12.8 Å². The first-order valence-corrected chi connectivity index (χ1v) is 9.02. The van der Waals surface area contributed by atoms with Gasteiger partial charge in [-0.2, -0.15) is 13.2 Å². The molecule has 0 bridgehead atoms. The monoisotopic (exact) mass is 438 g/mol. The van der Waals surface area contributed by atoms with E-state index in [1.54, 1.807) is 4.57 Å². The highest BCUT2D eigenvalue weighted by Gasteiger charge is 2.41. The molecule has 2 aliphatic heterocycles. The fraction of sp³-hybridized carbons (Fsp3) is 0.467. The van der Waals surface area contributed by atoms with Crippen molar-refractivity contribution in [2.24, 2.45) is 0 Å². The lowest BCUT2D eigenvalue weighted by Gasteiger charge is -2.28. The van der Waals surface area contributed by atoms with Crippen molar-refractivity contribution in [3.8, 4) is 0 Å². The highest BCUT2D eigenvalue weighted by molar-refractivity contribution is 6.29. The van der Waals surface area contributed by atoms with Crippen molar-refractivity contribution in [1.29, 1.82) is 0 Å². The van der Waals surface area contributed by atoms with Gasteiger partial charge in [-0.25, -0.2) is 9.97 Å². The molecule has 2 aliphatic rings. The van der Waals surface area contributed by atoms with Gasteiger partial charge in [-0.15, -0.1) is 0 Å². The molecule has 2 aromatic heterocycles. The summed E-state index contributed by atoms with van der Waals surface area (Å²) in [6, 6.07) is 0.719. The quantitative estimate of drug-likeness (QED) is 0.613. The van der Waals surface area contributed by atoms with Crippen LogP contribution in [0, 0.1) is 0 Å². The predicted octanol–water partition coefficient (Wildman–Crippen LogP) is 2.36. The molecule has 13 heteroatoms. The number of fused-ring (bicyclic) bond motifs is 2. The van der Waals surface area contributed by atoms with Crippen LogP contribution < -0.4 is 21.8 Å². The van der Waals surface area contributed by atoms with Crippen molar-refractivity contribution >= 4 is 35.1 Å². The maximum absolute atomic E-state index is 12.4. The van der Waals surface area contributed by atoms with Crippen LogP contribution in [0.5, 0.6) is 0 Å². The summed E-state index contributed by atoms with van der Waals surface area (Å²) >= 11 is 11.1. The highest BCUT2D eigenvalue weighted by atomic mass is 35.5. The molecule has 0 aliphatic carbocycles. The Balaban J connectivity index is 0.000000167. The lowest BCUT2D eigenvalue weighted by molar-refractivity contribution is -0.145. The van der Waals surface area contributed by atoms with E-state index in [1.165, 1.54) is 6.07 Å². The van der Waals surface area contributed by atoms with Crippen molar-refractivity contribution in [3.05, 3.63) is 43.1 Å². The van der Waals surface area contributed by atoms with Crippen LogP contribution in [0.15, 0.2) is 21.7 Å². The first kappa shape index (κ1) is 20.5. The summed E-state index contributed by atoms with van der Waals surface area (Å²) in [6.07, 6.45) is -3.60. The van der Waals surface area contributed by atoms with E-state index in [2.05, 4.69) is 20.6 Å². The molecule has 4 heterocycles. The zero-order valence-corrected chi connectivity index (χ0v) is 15.8. The van der Waals surface area contributed by atoms with Gasteiger partial charge in [0.05, 0.1) is 0 Å². The van der Waals surface area contributed by atoms with E-state index in [9.17, 15) is 22.8 Å². The van der Waals surface area contributed by atoms with Crippen LogP contribution in [0.3, 0.4) is 0 Å². The first-order valence-electron chi connectivity index (χ1n) is 8.27. The van der Waals surface area contributed by atoms with Crippen LogP contribution >= 0.6 is 23.2 Å². The first-order chi connectivity index (χ1) is 13.1. The largest absolute Gasteiger partial charge is 0.408 e. The second-order valence-corrected chi connectivity index (χ2v) is 6.87. The zero-order chi connectivity index (χ0) is 20.5. The third-order valence-corrected chi connectivity index (χ3v) is 4.52. The standard InChI is InChI=1S/C8H7ClF3N3O.C7H8ClN3O/c9-5-3-6(16)15-2-1-4(8(10,11)12)13-7(15)14-5;8-5-4-6(12)11-3-1-2-9-7(11)10-5/h3-4H,1-2H2,(H,13,14);4H,1-3H2,(H,9,10). The SMILES string of the molecule is O=c1cc(Cl)nc2n1CCC(C(F)(F)F)N2.O=c1cc(Cl)nc2n1CCCN2. The molecular weight excluding hydrogens is 424 g/mol. The van der Waals surface area contributed by atoms with Crippen LogP contribution in [0.2, 0.25) is 10.3 Å². The summed E-state index contributed by atoms with van der Waals surface area (Å²) in [7, 11) is 0. The molecule has 0 spiro atoms. The molecule has 0 aromatic carbocycles. The summed E-state index contributed by atoms with van der Waals surface area (Å²) in [4.78, 5) is 30.3. The van der Waals surface area contributed by atoms with Gasteiger partial charge in [0.2, 0.25) is 11.9 Å². The fourth-order valence-corrected chi connectivity index (χ4v) is 3.15. The normalized spacial score (nSPS) is 18.0. The third-order valence-electron chi connectivity index (χ3n) is 4.14. The molecule has 152 valence electrons. The van der Waals surface area contributed by atoms with Crippen LogP contribution in [0.25, 0.3) is 0 Å². The Morgan fingerprint density at radius 2 is 1.57 bits per heavy atom. The van der Waals surface area contributed by atoms with Gasteiger partial charge in [0.25, 0.3) is 11.1 Å². The molecule has 1 atom stereocenters. The van der Waals surface area contributed by atoms with E-state index in [0.29, 0.717) is 5.95 Å². The van der Waals surface area contributed by atoms with Crippen molar-refractivity contribution < 1.29 is 13.2 Å². The zero-order valence-electron chi connectivity index (χ0n) is 14.3. The van der Waals surface area contributed by atoms with Gasteiger partial charge < -0.3 is 10.6 Å². The number of halogens is 5. The van der Waals surface area contributed by atoms with Gasteiger partial charge in [0, 0.05) is 31.8 Å². The number of anilines is 2. The summed E-state index contributed by atoms with van der Waals surface area (Å²) in [6.45, 7) is 1.56. The number of aromatic nitrogens is 4. The van der Waals surface area contributed by atoms with Gasteiger partial charge in [0.1, 0.15) is 16.3 Å². The molecule has 0 amide bonds. The molecule has 2 aromatic rings. The number of rotatable bonds is 0. The third kappa shape index (κ3) is 4.58. The Labute approximate surface area is 166 Å². The Hall–Kier alpha value is -2.27. The summed E-state index contributed by atoms with van der Waals surface area (Å²) < 4.78 is 40.0. The minimum absolute atomic E-state index is 0.0183. The molecule has 0 radical (unpaired) electrons. The van der Waals surface area contributed by atoms with E-state index >= 15 is 0 Å². The van der Waals surface area contributed by atoms with Gasteiger partial charge in [-0.1, -0.05) is 23.2 Å². The van der Waals surface area contributed by atoms with E-state index in [0.717, 1.165) is 30.1 Å². The van der Waals surface area contributed by atoms with Gasteiger partial charge in [-0.3, -0.25) is 18.7 Å². The number of nitrogens with zero attached hydrogens (tertiary/aromatic N) is 4. The topological polar surface area (TPSA) is 93.8 Å². The predicted molar refractivity (Wildman–Crippen MR) is 98.2 cm³/mol. The van der Waals surface area contributed by atoms with Crippen molar-refractivity contribution in [1.82, 2.24) is 19.1 Å². The second-order valence-electron chi connectivity index (χ2n) is 6.09. The lowest BCUT2D eigenvalue weighted by atomic mass is 10.1. The maximum atomic E-state index is 12.4. The Morgan fingerprint density at radius 1 is 1.00 bits per heavy atom. The molecule has 1 unspecified atom stereocenters. The molecule has 0 fully saturated rings. The summed E-state index contributed by atoms with van der Waals surface area (Å²) in [5.74, 6) is 0.449. The van der Waals surface area contributed by atoms with Crippen molar-refractivity contribution in [2.75, 3.05) is 17.2 Å². The van der Waals surface area contributed by atoms with Gasteiger partial charge in [-0.05, 0) is 12.8 Å². The summed E-state index contributed by atoms with van der Waals surface area (Å²) in [5.41, 5.74) is -0.541. The van der Waals surface area contributed by atoms with E-state index in [-0.39, 0.29) is 34.8 Å². The van der Waals surface area contributed by atoms with E-state index < -0.39 is 17.8 Å². The van der Waals surface area contributed by atoms with Gasteiger partial charge >= 0.3 is 6.18 Å². The average molecular weight is 439 g/mol. The lowest BCUT2D eigenvalue weighted by Crippen LogP contribution is -2.43. The molecular formula is C15H15Cl2F3N6O2. The fourth-order valence-electron chi connectivity index (χ4n) is 2.80. The van der Waals surface area contributed by atoms with Gasteiger partial charge in [0.15, 0.2) is 0 Å². The van der Waals surface area contributed by atoms with E-state index in [4.69, 9.17) is 23.2 Å². The number of hydrogen-bond donors (Lipinski definition) is 2. The highest BCUT2D eigenvalue weighted by Crippen LogP contribution is 2.28. The smallest absolute Gasteiger partial charge is 0.355 e. The molecule has 8 nitrogen and oxygen atoms in total. The Morgan fingerprint density at radius 3 is 2.18 bits per heavy atom. The molecule has 28 heavy (non-hydrogen) atoms. The Bertz CT molecular complexity index is 991. The molecule has 0 saturated heterocycles. The van der Waals surface area contributed by atoms with E-state index in [1.807, 2.05) is 0 Å². The summed E-state index contributed by atoms with van der Waals surface area (Å²) in [5, 5.41) is 5.30. The second kappa shape index (κ2) is 8.00. The minimum atomic E-state index is -4.36. The van der Waals surface area contributed by atoms with Crippen LogP contribution in [-0.4, -0.2) is 37.9 Å². The Kier molecular flexibility index (Phi) is 5.84. The van der Waals surface area contributed by atoms with Crippen molar-refractivity contribution in [3.63, 3.8) is 0 Å². The van der Waals surface area contributed by atoms with Crippen molar-refractivity contribution in [2.45, 2.75) is 38.1 Å². The van der Waals surface area contributed by atoms with Crippen LogP contribution in [-0.2, 0) is 13.1 Å². The average Bonchev–Trinajstić information content (AvgIpc) is 2.60. The molecule has 4 rings (SSSR count). The number of nitrogens with one attached hydrogen (secondary N) is 2.